The predicted octanol–water partition coefficient (Wildman–Crippen LogP) is 3.05. The van der Waals surface area contributed by atoms with Crippen LogP contribution in [0.4, 0.5) is 0 Å². The summed E-state index contributed by atoms with van der Waals surface area (Å²) in [6.45, 7) is 5.94. The van der Waals surface area contributed by atoms with Crippen molar-refractivity contribution in [1.82, 2.24) is 15.3 Å². The number of rotatable bonds is 4. The minimum absolute atomic E-state index is 0.0657. The van der Waals surface area contributed by atoms with Gasteiger partial charge < -0.3 is 5.32 Å². The molecule has 2 aromatic heterocycles. The molecule has 0 saturated heterocycles. The lowest BCUT2D eigenvalue weighted by Gasteiger charge is -2.20. The van der Waals surface area contributed by atoms with Gasteiger partial charge in [0.1, 0.15) is 5.01 Å². The molecule has 2 aromatic rings. The lowest BCUT2D eigenvalue weighted by Crippen LogP contribution is -2.40. The second-order valence-electron chi connectivity index (χ2n) is 5.68. The summed E-state index contributed by atoms with van der Waals surface area (Å²) < 4.78 is 0. The Hall–Kier alpha value is -1.75. The van der Waals surface area contributed by atoms with Gasteiger partial charge in [0.15, 0.2) is 0 Å². The summed E-state index contributed by atoms with van der Waals surface area (Å²) in [5, 5.41) is 5.94. The number of nitrogens with zero attached hydrogens (tertiary/aromatic N) is 2. The van der Waals surface area contributed by atoms with Gasteiger partial charge in [-0.05, 0) is 39.3 Å². The molecule has 2 rings (SSSR count). The second-order valence-corrected chi connectivity index (χ2v) is 6.54. The van der Waals surface area contributed by atoms with E-state index in [-0.39, 0.29) is 11.4 Å². The van der Waals surface area contributed by atoms with Gasteiger partial charge in [-0.1, -0.05) is 0 Å². The van der Waals surface area contributed by atoms with E-state index < -0.39 is 0 Å². The van der Waals surface area contributed by atoms with Gasteiger partial charge in [0.05, 0.1) is 5.69 Å². The lowest BCUT2D eigenvalue weighted by atomic mass is 10.1. The van der Waals surface area contributed by atoms with Crippen molar-refractivity contribution < 1.29 is 4.79 Å². The fraction of sp³-hybridized carbons (Fsp3) is 0.400. The molecule has 20 heavy (non-hydrogen) atoms. The molecule has 0 radical (unpaired) electrons. The van der Waals surface area contributed by atoms with Crippen molar-refractivity contribution in [2.45, 2.75) is 39.2 Å². The van der Waals surface area contributed by atoms with Crippen LogP contribution in [0, 0.1) is 0 Å². The van der Waals surface area contributed by atoms with E-state index in [2.05, 4.69) is 15.3 Å². The second kappa shape index (κ2) is 6.13. The molecule has 0 bridgehead atoms. The largest absolute Gasteiger partial charge is 0.351 e. The van der Waals surface area contributed by atoms with Crippen LogP contribution in [0.2, 0.25) is 0 Å². The van der Waals surface area contributed by atoms with Crippen LogP contribution in [-0.4, -0.2) is 21.4 Å². The number of carbonyl (C=O) groups excluding carboxylic acids is 1. The highest BCUT2D eigenvalue weighted by molar-refractivity contribution is 7.13. The molecule has 106 valence electrons. The first-order valence-corrected chi connectivity index (χ1v) is 7.48. The molecule has 1 amide bonds. The summed E-state index contributed by atoms with van der Waals surface area (Å²) in [5.41, 5.74) is 1.85. The van der Waals surface area contributed by atoms with Crippen molar-refractivity contribution in [3.8, 4) is 10.6 Å². The van der Waals surface area contributed by atoms with Gasteiger partial charge in [-0.15, -0.1) is 11.3 Å². The van der Waals surface area contributed by atoms with Gasteiger partial charge in [0.2, 0.25) is 5.91 Å². The molecule has 1 N–H and O–H groups in total. The number of aromatic nitrogens is 2. The maximum atomic E-state index is 11.8. The summed E-state index contributed by atoms with van der Waals surface area (Å²) in [7, 11) is 0. The number of amides is 1. The lowest BCUT2D eigenvalue weighted by molar-refractivity contribution is -0.122. The highest BCUT2D eigenvalue weighted by Crippen LogP contribution is 2.23. The number of aryl methyl sites for hydroxylation is 1. The molecule has 0 aliphatic rings. The van der Waals surface area contributed by atoms with Gasteiger partial charge >= 0.3 is 0 Å². The average Bonchev–Trinajstić information content (AvgIpc) is 2.84. The third-order valence-corrected chi connectivity index (χ3v) is 3.54. The Bertz CT molecular complexity index is 572. The van der Waals surface area contributed by atoms with Crippen LogP contribution in [-0.2, 0) is 11.2 Å². The van der Waals surface area contributed by atoms with Crippen LogP contribution in [0.25, 0.3) is 10.6 Å². The Morgan fingerprint density at radius 3 is 2.65 bits per heavy atom. The number of thiazole rings is 1. The molecule has 4 nitrogen and oxygen atoms in total. The van der Waals surface area contributed by atoms with Crippen molar-refractivity contribution in [3.05, 3.63) is 35.6 Å². The Morgan fingerprint density at radius 2 is 2.00 bits per heavy atom. The van der Waals surface area contributed by atoms with E-state index in [1.807, 2.05) is 38.3 Å². The van der Waals surface area contributed by atoms with E-state index in [4.69, 9.17) is 0 Å². The van der Waals surface area contributed by atoms with E-state index in [0.717, 1.165) is 16.3 Å². The van der Waals surface area contributed by atoms with E-state index in [1.165, 1.54) is 0 Å². The Labute approximate surface area is 123 Å². The van der Waals surface area contributed by atoms with Crippen molar-refractivity contribution in [1.29, 1.82) is 0 Å². The summed E-state index contributed by atoms with van der Waals surface area (Å²) >= 11 is 1.60. The van der Waals surface area contributed by atoms with E-state index in [1.54, 1.807) is 23.7 Å². The summed E-state index contributed by atoms with van der Waals surface area (Å²) in [6.07, 6.45) is 4.65. The topological polar surface area (TPSA) is 54.9 Å². The molecule has 0 unspecified atom stereocenters. The predicted molar refractivity (Wildman–Crippen MR) is 81.6 cm³/mol. The average molecular weight is 289 g/mol. The maximum Gasteiger partial charge on any atom is 0.220 e. The van der Waals surface area contributed by atoms with Crippen molar-refractivity contribution in [2.75, 3.05) is 0 Å². The third-order valence-electron chi connectivity index (χ3n) is 2.60. The molecule has 0 aromatic carbocycles. The SMILES string of the molecule is CC(C)(C)NC(=O)CCc1csc(-c2ccncc2)n1. The standard InChI is InChI=1S/C15H19N3OS/c1-15(2,3)18-13(19)5-4-12-10-20-14(17-12)11-6-8-16-9-7-11/h6-10H,4-5H2,1-3H3,(H,18,19). The van der Waals surface area contributed by atoms with Crippen molar-refractivity contribution in [2.24, 2.45) is 0 Å². The first-order valence-electron chi connectivity index (χ1n) is 6.60. The summed E-state index contributed by atoms with van der Waals surface area (Å²) in [6, 6.07) is 3.88. The van der Waals surface area contributed by atoms with Crippen LogP contribution >= 0.6 is 11.3 Å². The molecule has 5 heteroatoms. The fourth-order valence-corrected chi connectivity index (χ4v) is 2.63. The Kier molecular flexibility index (Phi) is 4.49. The number of pyridine rings is 1. The highest BCUT2D eigenvalue weighted by Gasteiger charge is 2.14. The molecule has 0 saturated carbocycles. The molecular formula is C15H19N3OS. The smallest absolute Gasteiger partial charge is 0.220 e. The Balaban J connectivity index is 1.92. The van der Waals surface area contributed by atoms with Crippen LogP contribution < -0.4 is 5.32 Å². The van der Waals surface area contributed by atoms with Crippen molar-refractivity contribution >= 4 is 17.2 Å². The first kappa shape index (κ1) is 14.7. The van der Waals surface area contributed by atoms with E-state index in [9.17, 15) is 4.79 Å². The third kappa shape index (κ3) is 4.42. The zero-order chi connectivity index (χ0) is 14.6. The number of carbonyl (C=O) groups is 1. The Morgan fingerprint density at radius 1 is 1.30 bits per heavy atom. The summed E-state index contributed by atoms with van der Waals surface area (Å²) in [4.78, 5) is 20.3. The molecule has 2 heterocycles. The van der Waals surface area contributed by atoms with Crippen LogP contribution in [0.5, 0.6) is 0 Å². The van der Waals surface area contributed by atoms with Crippen LogP contribution in [0.1, 0.15) is 32.9 Å². The van der Waals surface area contributed by atoms with Crippen molar-refractivity contribution in [3.63, 3.8) is 0 Å². The monoisotopic (exact) mass is 289 g/mol. The van der Waals surface area contributed by atoms with Gasteiger partial charge in [-0.25, -0.2) is 4.98 Å². The quantitative estimate of drug-likeness (QED) is 0.941. The van der Waals surface area contributed by atoms with E-state index >= 15 is 0 Å². The highest BCUT2D eigenvalue weighted by atomic mass is 32.1. The molecule has 0 aliphatic carbocycles. The molecule has 0 atom stereocenters. The molecule has 0 spiro atoms. The zero-order valence-corrected chi connectivity index (χ0v) is 12.8. The van der Waals surface area contributed by atoms with E-state index in [0.29, 0.717) is 12.8 Å². The fourth-order valence-electron chi connectivity index (χ4n) is 1.77. The minimum Gasteiger partial charge on any atom is -0.351 e. The zero-order valence-electron chi connectivity index (χ0n) is 12.0. The number of nitrogens with one attached hydrogen (secondary N) is 1. The molecule has 0 fully saturated rings. The van der Waals surface area contributed by atoms with Crippen LogP contribution in [0.15, 0.2) is 29.9 Å². The summed E-state index contributed by atoms with van der Waals surface area (Å²) in [5.74, 6) is 0.0657. The normalized spacial score (nSPS) is 11.3. The van der Waals surface area contributed by atoms with Crippen LogP contribution in [0.3, 0.4) is 0 Å². The van der Waals surface area contributed by atoms with Gasteiger partial charge in [0.25, 0.3) is 0 Å². The maximum absolute atomic E-state index is 11.8. The van der Waals surface area contributed by atoms with Gasteiger partial charge in [0, 0.05) is 35.3 Å². The minimum atomic E-state index is -0.179. The van der Waals surface area contributed by atoms with Gasteiger partial charge in [-0.2, -0.15) is 0 Å². The number of hydrogen-bond acceptors (Lipinski definition) is 4. The number of hydrogen-bond donors (Lipinski definition) is 1. The molecular weight excluding hydrogens is 270 g/mol. The van der Waals surface area contributed by atoms with Gasteiger partial charge in [-0.3, -0.25) is 9.78 Å². The molecule has 0 aliphatic heterocycles. The first-order chi connectivity index (χ1) is 9.44.